The minimum atomic E-state index is 0.773. The second kappa shape index (κ2) is 2.36. The molecule has 52 valence electrons. The monoisotopic (exact) mass is 198 g/mol. The Labute approximate surface area is 68.1 Å². The Morgan fingerprint density at radius 2 is 2.00 bits per heavy atom. The lowest BCUT2D eigenvalue weighted by Gasteiger charge is -1.94. The summed E-state index contributed by atoms with van der Waals surface area (Å²) in [6, 6.07) is 6.27. The van der Waals surface area contributed by atoms with E-state index in [1.54, 1.807) is 0 Å². The molecule has 1 nitrogen and oxygen atoms in total. The molecule has 1 aromatic carbocycles. The summed E-state index contributed by atoms with van der Waals surface area (Å²) in [5.41, 5.74) is 2.64. The molecule has 0 saturated heterocycles. The Bertz CT molecular complexity index is 257. The van der Waals surface area contributed by atoms with Gasteiger partial charge in [0.1, 0.15) is 0 Å². The fourth-order valence-corrected chi connectivity index (χ4v) is 1.55. The molecule has 10 heavy (non-hydrogen) atoms. The van der Waals surface area contributed by atoms with Gasteiger partial charge in [0.25, 0.3) is 0 Å². The van der Waals surface area contributed by atoms with Crippen LogP contribution in [0.25, 0.3) is 0 Å². The first-order chi connectivity index (χ1) is 4.86. The van der Waals surface area contributed by atoms with E-state index < -0.39 is 0 Å². The molecule has 0 aliphatic carbocycles. The largest absolute Gasteiger partial charge is 0.372 e. The minimum absolute atomic E-state index is 0.773. The number of rotatable bonds is 0. The normalized spacial score (nSPS) is 15.3. The molecule has 0 bridgehead atoms. The molecular formula is C8H7BrO. The van der Waals surface area contributed by atoms with E-state index in [0.29, 0.717) is 0 Å². The summed E-state index contributed by atoms with van der Waals surface area (Å²) in [6.07, 6.45) is 0. The zero-order chi connectivity index (χ0) is 6.97. The van der Waals surface area contributed by atoms with Gasteiger partial charge in [-0.1, -0.05) is 22.0 Å². The van der Waals surface area contributed by atoms with Crippen LogP contribution in [0.1, 0.15) is 11.1 Å². The van der Waals surface area contributed by atoms with Crippen LogP contribution in [0.2, 0.25) is 0 Å². The van der Waals surface area contributed by atoms with Crippen molar-refractivity contribution in [2.24, 2.45) is 0 Å². The molecule has 2 rings (SSSR count). The summed E-state index contributed by atoms with van der Waals surface area (Å²) < 4.78 is 6.38. The van der Waals surface area contributed by atoms with Crippen LogP contribution in [-0.4, -0.2) is 0 Å². The third-order valence-corrected chi connectivity index (χ3v) is 2.18. The molecule has 2 heteroatoms. The van der Waals surface area contributed by atoms with Gasteiger partial charge in [-0.25, -0.2) is 0 Å². The average molecular weight is 199 g/mol. The van der Waals surface area contributed by atoms with Crippen LogP contribution < -0.4 is 0 Å². The highest BCUT2D eigenvalue weighted by Crippen LogP contribution is 2.22. The maximum Gasteiger partial charge on any atom is 0.0725 e. The van der Waals surface area contributed by atoms with Gasteiger partial charge >= 0.3 is 0 Å². The highest BCUT2D eigenvalue weighted by molar-refractivity contribution is 9.10. The van der Waals surface area contributed by atoms with Crippen LogP contribution >= 0.6 is 15.9 Å². The van der Waals surface area contributed by atoms with Crippen LogP contribution in [0.4, 0.5) is 0 Å². The zero-order valence-electron chi connectivity index (χ0n) is 5.43. The molecule has 1 heterocycles. The molecule has 0 N–H and O–H groups in total. The molecule has 1 aliphatic rings. The van der Waals surface area contributed by atoms with Crippen molar-refractivity contribution in [2.45, 2.75) is 13.2 Å². The number of halogens is 1. The third kappa shape index (κ3) is 0.976. The van der Waals surface area contributed by atoms with Crippen LogP contribution in [0, 0.1) is 0 Å². The zero-order valence-corrected chi connectivity index (χ0v) is 7.02. The first kappa shape index (κ1) is 6.38. The SMILES string of the molecule is Brc1ccc2c(c1)COC2. The van der Waals surface area contributed by atoms with Gasteiger partial charge in [-0.2, -0.15) is 0 Å². The molecule has 0 amide bonds. The fourth-order valence-electron chi connectivity index (χ4n) is 1.14. The molecule has 0 atom stereocenters. The molecule has 0 aromatic heterocycles. The molecule has 0 saturated carbocycles. The van der Waals surface area contributed by atoms with Gasteiger partial charge in [-0.05, 0) is 23.3 Å². The van der Waals surface area contributed by atoms with Crippen molar-refractivity contribution < 1.29 is 4.74 Å². The van der Waals surface area contributed by atoms with E-state index in [1.807, 2.05) is 6.07 Å². The molecule has 1 aliphatic heterocycles. The van der Waals surface area contributed by atoms with Crippen molar-refractivity contribution in [2.75, 3.05) is 0 Å². The van der Waals surface area contributed by atoms with E-state index in [0.717, 1.165) is 17.7 Å². The van der Waals surface area contributed by atoms with Crippen molar-refractivity contribution in [3.05, 3.63) is 33.8 Å². The maximum absolute atomic E-state index is 5.25. The third-order valence-electron chi connectivity index (χ3n) is 1.68. The lowest BCUT2D eigenvalue weighted by molar-refractivity contribution is 0.134. The van der Waals surface area contributed by atoms with E-state index in [-0.39, 0.29) is 0 Å². The van der Waals surface area contributed by atoms with Gasteiger partial charge in [-0.3, -0.25) is 0 Å². The molecule has 0 fully saturated rings. The second-order valence-electron chi connectivity index (χ2n) is 2.41. The van der Waals surface area contributed by atoms with Gasteiger partial charge in [0, 0.05) is 4.47 Å². The number of hydrogen-bond acceptors (Lipinski definition) is 1. The number of fused-ring (bicyclic) bond motifs is 1. The van der Waals surface area contributed by atoms with Crippen molar-refractivity contribution in [1.29, 1.82) is 0 Å². The Balaban J connectivity index is 2.52. The molecule has 0 radical (unpaired) electrons. The van der Waals surface area contributed by atoms with E-state index in [2.05, 4.69) is 28.1 Å². The van der Waals surface area contributed by atoms with E-state index in [4.69, 9.17) is 4.74 Å². The molecular weight excluding hydrogens is 192 g/mol. The Morgan fingerprint density at radius 3 is 2.90 bits per heavy atom. The first-order valence-corrected chi connectivity index (χ1v) is 4.00. The first-order valence-electron chi connectivity index (χ1n) is 3.21. The van der Waals surface area contributed by atoms with Crippen LogP contribution in [-0.2, 0) is 18.0 Å². The van der Waals surface area contributed by atoms with Gasteiger partial charge in [0.15, 0.2) is 0 Å². The van der Waals surface area contributed by atoms with Crippen molar-refractivity contribution >= 4 is 15.9 Å². The van der Waals surface area contributed by atoms with Gasteiger partial charge in [0.05, 0.1) is 13.2 Å². The standard InChI is InChI=1S/C8H7BrO/c9-8-2-1-6-4-10-5-7(6)3-8/h1-3H,4-5H2. The Hall–Kier alpha value is -0.340. The number of benzene rings is 1. The quantitative estimate of drug-likeness (QED) is 0.623. The molecule has 1 aromatic rings. The molecule has 0 unspecified atom stereocenters. The summed E-state index contributed by atoms with van der Waals surface area (Å²) in [5, 5.41) is 0. The summed E-state index contributed by atoms with van der Waals surface area (Å²) in [5.74, 6) is 0. The van der Waals surface area contributed by atoms with Crippen molar-refractivity contribution in [1.82, 2.24) is 0 Å². The lowest BCUT2D eigenvalue weighted by atomic mass is 10.1. The Kier molecular flexibility index (Phi) is 1.51. The van der Waals surface area contributed by atoms with Gasteiger partial charge in [0.2, 0.25) is 0 Å². The summed E-state index contributed by atoms with van der Waals surface area (Å²) in [4.78, 5) is 0. The van der Waals surface area contributed by atoms with E-state index >= 15 is 0 Å². The van der Waals surface area contributed by atoms with Crippen LogP contribution in [0.5, 0.6) is 0 Å². The number of hydrogen-bond donors (Lipinski definition) is 0. The topological polar surface area (TPSA) is 9.23 Å². The summed E-state index contributed by atoms with van der Waals surface area (Å²) >= 11 is 3.41. The highest BCUT2D eigenvalue weighted by Gasteiger charge is 2.09. The highest BCUT2D eigenvalue weighted by atomic mass is 79.9. The lowest BCUT2D eigenvalue weighted by Crippen LogP contribution is -1.79. The van der Waals surface area contributed by atoms with E-state index in [9.17, 15) is 0 Å². The predicted octanol–water partition coefficient (Wildman–Crippen LogP) is 2.48. The second-order valence-corrected chi connectivity index (χ2v) is 3.32. The van der Waals surface area contributed by atoms with Crippen LogP contribution in [0.3, 0.4) is 0 Å². The van der Waals surface area contributed by atoms with Gasteiger partial charge < -0.3 is 4.74 Å². The van der Waals surface area contributed by atoms with E-state index in [1.165, 1.54) is 11.1 Å². The smallest absolute Gasteiger partial charge is 0.0725 e. The molecule has 0 spiro atoms. The van der Waals surface area contributed by atoms with Gasteiger partial charge in [-0.15, -0.1) is 0 Å². The predicted molar refractivity (Wildman–Crippen MR) is 42.6 cm³/mol. The Morgan fingerprint density at radius 1 is 1.20 bits per heavy atom. The van der Waals surface area contributed by atoms with Crippen molar-refractivity contribution in [3.63, 3.8) is 0 Å². The summed E-state index contributed by atoms with van der Waals surface area (Å²) in [6.45, 7) is 1.55. The average Bonchev–Trinajstić information content (AvgIpc) is 2.33. The fraction of sp³-hybridized carbons (Fsp3) is 0.250. The van der Waals surface area contributed by atoms with Crippen molar-refractivity contribution in [3.8, 4) is 0 Å². The van der Waals surface area contributed by atoms with Crippen LogP contribution in [0.15, 0.2) is 22.7 Å². The number of ether oxygens (including phenoxy) is 1. The maximum atomic E-state index is 5.25. The summed E-state index contributed by atoms with van der Waals surface area (Å²) in [7, 11) is 0. The minimum Gasteiger partial charge on any atom is -0.372 e.